The Morgan fingerprint density at radius 1 is 1.39 bits per heavy atom. The predicted octanol–water partition coefficient (Wildman–Crippen LogP) is 2.57. The lowest BCUT2D eigenvalue weighted by Gasteiger charge is -2.26. The summed E-state index contributed by atoms with van der Waals surface area (Å²) in [7, 11) is 0. The molecular weight excluding hydrogens is 240 g/mol. The van der Waals surface area contributed by atoms with E-state index in [4.69, 9.17) is 5.11 Å². The van der Waals surface area contributed by atoms with E-state index in [0.29, 0.717) is 5.56 Å². The molecule has 0 unspecified atom stereocenters. The fraction of sp³-hybridized carbons (Fsp3) is 0.462. The van der Waals surface area contributed by atoms with Crippen LogP contribution >= 0.6 is 0 Å². The fourth-order valence-corrected chi connectivity index (χ4v) is 2.54. The number of carboxylic acids is 1. The van der Waals surface area contributed by atoms with Crippen LogP contribution in [0, 0.1) is 11.6 Å². The maximum Gasteiger partial charge on any atom is 0.317 e. The summed E-state index contributed by atoms with van der Waals surface area (Å²) in [5.74, 6) is -2.67. The van der Waals surface area contributed by atoms with Gasteiger partial charge in [-0.1, -0.05) is 6.07 Å². The Balaban J connectivity index is 2.25. The van der Waals surface area contributed by atoms with Crippen molar-refractivity contribution in [3.8, 4) is 0 Å². The molecule has 3 nitrogen and oxygen atoms in total. The molecule has 0 radical (unpaired) electrons. The molecule has 1 N–H and O–H groups in total. The normalized spacial score (nSPS) is 24.4. The summed E-state index contributed by atoms with van der Waals surface area (Å²) in [4.78, 5) is 12.6. The van der Waals surface area contributed by atoms with Crippen LogP contribution in [0.5, 0.6) is 0 Å². The van der Waals surface area contributed by atoms with Gasteiger partial charge in [0.1, 0.15) is 0 Å². The molecule has 0 saturated carbocycles. The van der Waals surface area contributed by atoms with Gasteiger partial charge in [0, 0.05) is 12.1 Å². The van der Waals surface area contributed by atoms with Crippen molar-refractivity contribution in [1.29, 1.82) is 0 Å². The molecule has 1 aliphatic rings. The highest BCUT2D eigenvalue weighted by Gasteiger charge is 2.33. The van der Waals surface area contributed by atoms with E-state index in [1.807, 2.05) is 11.8 Å². The monoisotopic (exact) mass is 255 g/mol. The van der Waals surface area contributed by atoms with Crippen molar-refractivity contribution in [2.75, 3.05) is 6.54 Å². The second kappa shape index (κ2) is 5.02. The minimum atomic E-state index is -0.906. The van der Waals surface area contributed by atoms with Gasteiger partial charge in [-0.25, -0.2) is 8.78 Å². The van der Waals surface area contributed by atoms with Gasteiger partial charge in [0.05, 0.1) is 6.54 Å². The summed E-state index contributed by atoms with van der Waals surface area (Å²) in [6, 6.07) is 3.76. The van der Waals surface area contributed by atoms with Crippen LogP contribution in [0.2, 0.25) is 0 Å². The molecule has 98 valence electrons. The molecule has 0 bridgehead atoms. The van der Waals surface area contributed by atoms with Gasteiger partial charge in [-0.15, -0.1) is 0 Å². The number of rotatable bonds is 3. The smallest absolute Gasteiger partial charge is 0.317 e. The summed E-state index contributed by atoms with van der Waals surface area (Å²) >= 11 is 0. The van der Waals surface area contributed by atoms with Gasteiger partial charge in [0.2, 0.25) is 0 Å². The minimum Gasteiger partial charge on any atom is -0.480 e. The van der Waals surface area contributed by atoms with Crippen LogP contribution in [-0.4, -0.2) is 28.6 Å². The van der Waals surface area contributed by atoms with Crippen molar-refractivity contribution in [3.05, 3.63) is 35.4 Å². The van der Waals surface area contributed by atoms with Gasteiger partial charge < -0.3 is 5.11 Å². The first-order chi connectivity index (χ1) is 8.49. The quantitative estimate of drug-likeness (QED) is 0.902. The Labute approximate surface area is 104 Å². The molecule has 0 aromatic heterocycles. The van der Waals surface area contributed by atoms with Gasteiger partial charge in [-0.3, -0.25) is 9.69 Å². The van der Waals surface area contributed by atoms with Crippen LogP contribution in [-0.2, 0) is 4.79 Å². The Kier molecular flexibility index (Phi) is 3.61. The van der Waals surface area contributed by atoms with E-state index < -0.39 is 17.6 Å². The topological polar surface area (TPSA) is 40.5 Å². The van der Waals surface area contributed by atoms with Crippen LogP contribution in [0.15, 0.2) is 18.2 Å². The van der Waals surface area contributed by atoms with Crippen molar-refractivity contribution in [1.82, 2.24) is 4.90 Å². The standard InChI is InChI=1S/C13H15F2NO2/c1-8-2-5-12(16(8)7-13(17)18)9-3-4-10(14)11(15)6-9/h3-4,6,8,12H,2,5,7H2,1H3,(H,17,18)/t8-,12-/m0/s1. The molecule has 1 fully saturated rings. The van der Waals surface area contributed by atoms with Crippen molar-refractivity contribution >= 4 is 5.97 Å². The first-order valence-corrected chi connectivity index (χ1v) is 5.91. The van der Waals surface area contributed by atoms with E-state index in [-0.39, 0.29) is 18.6 Å². The lowest BCUT2D eigenvalue weighted by Crippen LogP contribution is -2.34. The summed E-state index contributed by atoms with van der Waals surface area (Å²) < 4.78 is 26.1. The Morgan fingerprint density at radius 2 is 2.11 bits per heavy atom. The zero-order valence-electron chi connectivity index (χ0n) is 10.1. The molecule has 0 amide bonds. The van der Waals surface area contributed by atoms with E-state index >= 15 is 0 Å². The molecule has 18 heavy (non-hydrogen) atoms. The summed E-state index contributed by atoms with van der Waals surface area (Å²) in [5.41, 5.74) is 0.638. The third-order valence-electron chi connectivity index (χ3n) is 3.47. The third kappa shape index (κ3) is 2.51. The number of hydrogen-bond donors (Lipinski definition) is 1. The first kappa shape index (κ1) is 13.0. The van der Waals surface area contributed by atoms with E-state index in [9.17, 15) is 13.6 Å². The summed E-state index contributed by atoms with van der Waals surface area (Å²) in [6.07, 6.45) is 1.62. The highest BCUT2D eigenvalue weighted by Crippen LogP contribution is 2.35. The molecule has 1 aliphatic heterocycles. The molecule has 1 aromatic carbocycles. The molecule has 2 atom stereocenters. The van der Waals surface area contributed by atoms with Crippen LogP contribution in [0.3, 0.4) is 0 Å². The van der Waals surface area contributed by atoms with E-state index in [1.165, 1.54) is 6.07 Å². The number of benzene rings is 1. The average molecular weight is 255 g/mol. The zero-order chi connectivity index (χ0) is 13.3. The molecule has 1 aromatic rings. The van der Waals surface area contributed by atoms with Gasteiger partial charge >= 0.3 is 5.97 Å². The van der Waals surface area contributed by atoms with Gasteiger partial charge in [0.25, 0.3) is 0 Å². The SMILES string of the molecule is C[C@H]1CC[C@@H](c2ccc(F)c(F)c2)N1CC(=O)O. The predicted molar refractivity (Wildman–Crippen MR) is 62.1 cm³/mol. The van der Waals surface area contributed by atoms with Crippen molar-refractivity contribution in [3.63, 3.8) is 0 Å². The number of carbonyl (C=O) groups is 1. The molecule has 2 rings (SSSR count). The van der Waals surface area contributed by atoms with Crippen molar-refractivity contribution in [2.24, 2.45) is 0 Å². The van der Waals surface area contributed by atoms with Crippen LogP contribution in [0.1, 0.15) is 31.4 Å². The minimum absolute atomic E-state index is 0.0785. The zero-order valence-corrected chi connectivity index (χ0v) is 10.1. The summed E-state index contributed by atoms with van der Waals surface area (Å²) in [6.45, 7) is 1.87. The highest BCUT2D eigenvalue weighted by molar-refractivity contribution is 5.69. The Hall–Kier alpha value is -1.49. The van der Waals surface area contributed by atoms with Crippen molar-refractivity contribution < 1.29 is 18.7 Å². The van der Waals surface area contributed by atoms with E-state index in [1.54, 1.807) is 0 Å². The first-order valence-electron chi connectivity index (χ1n) is 5.91. The van der Waals surface area contributed by atoms with Crippen LogP contribution in [0.4, 0.5) is 8.78 Å². The highest BCUT2D eigenvalue weighted by atomic mass is 19.2. The molecule has 1 saturated heterocycles. The van der Waals surface area contributed by atoms with Crippen LogP contribution in [0.25, 0.3) is 0 Å². The molecule has 5 heteroatoms. The van der Waals surface area contributed by atoms with Gasteiger partial charge in [-0.05, 0) is 37.5 Å². The molecule has 1 heterocycles. The average Bonchev–Trinajstić information content (AvgIpc) is 2.64. The second-order valence-corrected chi connectivity index (χ2v) is 4.68. The van der Waals surface area contributed by atoms with Gasteiger partial charge in [-0.2, -0.15) is 0 Å². The molecule has 0 spiro atoms. The lowest BCUT2D eigenvalue weighted by atomic mass is 10.0. The largest absolute Gasteiger partial charge is 0.480 e. The number of nitrogens with zero attached hydrogens (tertiary/aromatic N) is 1. The lowest BCUT2D eigenvalue weighted by molar-refractivity contribution is -0.139. The Morgan fingerprint density at radius 3 is 2.72 bits per heavy atom. The summed E-state index contributed by atoms with van der Waals surface area (Å²) in [5, 5.41) is 8.88. The van der Waals surface area contributed by atoms with Crippen molar-refractivity contribution in [2.45, 2.75) is 31.8 Å². The maximum absolute atomic E-state index is 13.2. The van der Waals surface area contributed by atoms with E-state index in [0.717, 1.165) is 25.0 Å². The van der Waals surface area contributed by atoms with Gasteiger partial charge in [0.15, 0.2) is 11.6 Å². The second-order valence-electron chi connectivity index (χ2n) is 4.68. The van der Waals surface area contributed by atoms with Crippen LogP contribution < -0.4 is 0 Å². The number of likely N-dealkylation sites (tertiary alicyclic amines) is 1. The molecule has 0 aliphatic carbocycles. The fourth-order valence-electron chi connectivity index (χ4n) is 2.54. The Bertz CT molecular complexity index is 464. The number of hydrogen-bond acceptors (Lipinski definition) is 2. The number of halogens is 2. The third-order valence-corrected chi connectivity index (χ3v) is 3.47. The molecular formula is C13H15F2NO2. The number of carboxylic acid groups (broad SMARTS) is 1. The number of aliphatic carboxylic acids is 1. The maximum atomic E-state index is 13.2. The van der Waals surface area contributed by atoms with E-state index in [2.05, 4.69) is 0 Å².